The molecule has 0 radical (unpaired) electrons. The number of nitrogens with zero attached hydrogens (tertiary/aromatic N) is 1. The molecule has 0 aliphatic rings. The molecule has 29 heavy (non-hydrogen) atoms. The topological polar surface area (TPSA) is 59.9 Å². The highest BCUT2D eigenvalue weighted by atomic mass is 79.9. The fraction of sp³-hybridized carbons (Fsp3) is 0.0909. The van der Waals surface area contributed by atoms with Crippen LogP contribution in [0, 0.1) is 0 Å². The Morgan fingerprint density at radius 3 is 2.66 bits per heavy atom. The van der Waals surface area contributed by atoms with Crippen LogP contribution in [-0.4, -0.2) is 18.7 Å². The molecule has 3 aromatic rings. The van der Waals surface area contributed by atoms with Gasteiger partial charge in [0.1, 0.15) is 18.1 Å². The second kappa shape index (κ2) is 10.6. The number of amides is 1. The molecule has 1 N–H and O–H groups in total. The summed E-state index contributed by atoms with van der Waals surface area (Å²) in [6.07, 6.45) is 1.54. The molecule has 7 heteroatoms. The first-order chi connectivity index (χ1) is 14.1. The first-order valence-corrected chi connectivity index (χ1v) is 9.94. The van der Waals surface area contributed by atoms with Gasteiger partial charge in [-0.05, 0) is 41.5 Å². The van der Waals surface area contributed by atoms with Crippen molar-refractivity contribution < 1.29 is 14.3 Å². The van der Waals surface area contributed by atoms with Crippen molar-refractivity contribution in [1.82, 2.24) is 5.43 Å². The van der Waals surface area contributed by atoms with Crippen molar-refractivity contribution >= 4 is 39.7 Å². The largest absolute Gasteiger partial charge is 0.489 e. The van der Waals surface area contributed by atoms with Gasteiger partial charge in [-0.15, -0.1) is 0 Å². The van der Waals surface area contributed by atoms with Crippen LogP contribution < -0.4 is 14.9 Å². The molecule has 0 fully saturated rings. The van der Waals surface area contributed by atoms with Crippen molar-refractivity contribution in [2.75, 3.05) is 6.61 Å². The Balaban J connectivity index is 1.47. The molecule has 5 nitrogen and oxygen atoms in total. The molecule has 0 bridgehead atoms. The highest BCUT2D eigenvalue weighted by molar-refractivity contribution is 9.10. The third-order valence-corrected chi connectivity index (χ3v) is 4.55. The first-order valence-electron chi connectivity index (χ1n) is 8.77. The van der Waals surface area contributed by atoms with E-state index in [0.717, 1.165) is 21.3 Å². The lowest BCUT2D eigenvalue weighted by Gasteiger charge is -2.07. The van der Waals surface area contributed by atoms with Crippen LogP contribution in [0.2, 0.25) is 5.02 Å². The maximum absolute atomic E-state index is 11.9. The molecule has 0 spiro atoms. The van der Waals surface area contributed by atoms with E-state index in [-0.39, 0.29) is 6.61 Å². The van der Waals surface area contributed by atoms with Crippen LogP contribution in [0.15, 0.2) is 82.4 Å². The predicted octanol–water partition coefficient (Wildman–Crippen LogP) is 5.21. The van der Waals surface area contributed by atoms with E-state index in [1.54, 1.807) is 24.4 Å². The summed E-state index contributed by atoms with van der Waals surface area (Å²) < 4.78 is 12.0. The maximum atomic E-state index is 11.9. The highest BCUT2D eigenvalue weighted by Crippen LogP contribution is 2.27. The fourth-order valence-electron chi connectivity index (χ4n) is 2.37. The summed E-state index contributed by atoms with van der Waals surface area (Å²) in [6, 6.07) is 22.5. The quantitative estimate of drug-likeness (QED) is 0.361. The number of rotatable bonds is 8. The van der Waals surface area contributed by atoms with E-state index in [4.69, 9.17) is 21.1 Å². The van der Waals surface area contributed by atoms with E-state index in [0.29, 0.717) is 17.4 Å². The molecule has 0 saturated carbocycles. The van der Waals surface area contributed by atoms with Crippen LogP contribution in [-0.2, 0) is 11.4 Å². The monoisotopic (exact) mass is 472 g/mol. The Morgan fingerprint density at radius 1 is 1.03 bits per heavy atom. The number of hydrogen-bond donors (Lipinski definition) is 1. The lowest BCUT2D eigenvalue weighted by Crippen LogP contribution is -2.24. The number of benzene rings is 3. The van der Waals surface area contributed by atoms with Gasteiger partial charge in [-0.2, -0.15) is 5.10 Å². The molecular weight excluding hydrogens is 456 g/mol. The van der Waals surface area contributed by atoms with E-state index >= 15 is 0 Å². The predicted molar refractivity (Wildman–Crippen MR) is 118 cm³/mol. The van der Waals surface area contributed by atoms with E-state index in [2.05, 4.69) is 26.5 Å². The third-order valence-electron chi connectivity index (χ3n) is 3.76. The molecule has 148 valence electrons. The smallest absolute Gasteiger partial charge is 0.277 e. The van der Waals surface area contributed by atoms with Gasteiger partial charge >= 0.3 is 0 Å². The average Bonchev–Trinajstić information content (AvgIpc) is 2.73. The zero-order valence-electron chi connectivity index (χ0n) is 15.3. The number of nitrogens with one attached hydrogen (secondary N) is 1. The number of carbonyl (C=O) groups is 1. The minimum Gasteiger partial charge on any atom is -0.489 e. The summed E-state index contributed by atoms with van der Waals surface area (Å²) in [5, 5.41) is 4.37. The second-order valence-electron chi connectivity index (χ2n) is 6.00. The van der Waals surface area contributed by atoms with Crippen LogP contribution in [0.1, 0.15) is 11.1 Å². The summed E-state index contributed by atoms with van der Waals surface area (Å²) in [6.45, 7) is 0.285. The van der Waals surface area contributed by atoms with Crippen LogP contribution in [0.3, 0.4) is 0 Å². The molecule has 3 rings (SSSR count). The molecule has 0 aromatic heterocycles. The molecule has 0 atom stereocenters. The van der Waals surface area contributed by atoms with Gasteiger partial charge in [0.25, 0.3) is 5.91 Å². The lowest BCUT2D eigenvalue weighted by atomic mass is 10.2. The van der Waals surface area contributed by atoms with Crippen LogP contribution in [0.5, 0.6) is 11.5 Å². The van der Waals surface area contributed by atoms with E-state index < -0.39 is 5.91 Å². The molecule has 0 aliphatic heterocycles. The van der Waals surface area contributed by atoms with E-state index in [1.165, 1.54) is 0 Å². The normalized spacial score (nSPS) is 10.7. The Kier molecular flexibility index (Phi) is 7.67. The van der Waals surface area contributed by atoms with Gasteiger partial charge in [0, 0.05) is 4.47 Å². The Labute approximate surface area is 182 Å². The summed E-state index contributed by atoms with van der Waals surface area (Å²) in [5.74, 6) is 0.756. The van der Waals surface area contributed by atoms with Crippen LogP contribution in [0.25, 0.3) is 0 Å². The van der Waals surface area contributed by atoms with Gasteiger partial charge < -0.3 is 9.47 Å². The van der Waals surface area contributed by atoms with Gasteiger partial charge in [0.15, 0.2) is 6.61 Å². The first kappa shape index (κ1) is 20.9. The standard InChI is InChI=1S/C22H18BrClN2O3/c23-18-9-10-21(20(24)12-18)29-15-22(27)26-25-13-17-7-4-8-19(11-17)28-14-16-5-2-1-3-6-16/h1-13H,14-15H2,(H,26,27). The maximum Gasteiger partial charge on any atom is 0.277 e. The number of halogens is 2. The van der Waals surface area contributed by atoms with Gasteiger partial charge in [0.2, 0.25) is 0 Å². The molecule has 0 unspecified atom stereocenters. The average molecular weight is 474 g/mol. The molecule has 0 saturated heterocycles. The molecule has 0 aliphatic carbocycles. The minimum atomic E-state index is -0.392. The SMILES string of the molecule is O=C(COc1ccc(Br)cc1Cl)NN=Cc1cccc(OCc2ccccc2)c1. The molecule has 3 aromatic carbocycles. The molecule has 1 amide bonds. The number of carbonyl (C=O) groups excluding carboxylic acids is 1. The number of hydrogen-bond acceptors (Lipinski definition) is 4. The van der Waals surface area contributed by atoms with Crippen molar-refractivity contribution in [1.29, 1.82) is 0 Å². The van der Waals surface area contributed by atoms with Crippen molar-refractivity contribution in [3.05, 3.63) is 93.4 Å². The Bertz CT molecular complexity index is 996. The van der Waals surface area contributed by atoms with Gasteiger partial charge in [-0.1, -0.05) is 70.0 Å². The lowest BCUT2D eigenvalue weighted by molar-refractivity contribution is -0.123. The van der Waals surface area contributed by atoms with Gasteiger partial charge in [-0.25, -0.2) is 5.43 Å². The summed E-state index contributed by atoms with van der Waals surface area (Å²) in [4.78, 5) is 11.9. The van der Waals surface area contributed by atoms with Crippen molar-refractivity contribution in [3.8, 4) is 11.5 Å². The van der Waals surface area contributed by atoms with Crippen molar-refractivity contribution in [2.45, 2.75) is 6.61 Å². The number of hydrazone groups is 1. The van der Waals surface area contributed by atoms with Crippen molar-refractivity contribution in [2.24, 2.45) is 5.10 Å². The Morgan fingerprint density at radius 2 is 1.86 bits per heavy atom. The zero-order valence-corrected chi connectivity index (χ0v) is 17.7. The van der Waals surface area contributed by atoms with E-state index in [1.807, 2.05) is 54.6 Å². The highest BCUT2D eigenvalue weighted by Gasteiger charge is 2.05. The minimum absolute atomic E-state index is 0.196. The zero-order chi connectivity index (χ0) is 20.5. The second-order valence-corrected chi connectivity index (χ2v) is 7.33. The number of ether oxygens (including phenoxy) is 2. The van der Waals surface area contributed by atoms with Gasteiger partial charge in [-0.3, -0.25) is 4.79 Å². The van der Waals surface area contributed by atoms with E-state index in [9.17, 15) is 4.79 Å². The molecule has 0 heterocycles. The molecular formula is C22H18BrClN2O3. The fourth-order valence-corrected chi connectivity index (χ4v) is 3.10. The third kappa shape index (κ3) is 6.93. The summed E-state index contributed by atoms with van der Waals surface area (Å²) in [5.41, 5.74) is 4.31. The summed E-state index contributed by atoms with van der Waals surface area (Å²) >= 11 is 9.36. The van der Waals surface area contributed by atoms with Crippen LogP contribution >= 0.6 is 27.5 Å². The van der Waals surface area contributed by atoms with Gasteiger partial charge in [0.05, 0.1) is 11.2 Å². The Hall–Kier alpha value is -2.83. The van der Waals surface area contributed by atoms with Crippen molar-refractivity contribution in [3.63, 3.8) is 0 Å². The van der Waals surface area contributed by atoms with Crippen LogP contribution in [0.4, 0.5) is 0 Å². The summed E-state index contributed by atoms with van der Waals surface area (Å²) in [7, 11) is 0.